The highest BCUT2D eigenvalue weighted by Gasteiger charge is 2.31. The van der Waals surface area contributed by atoms with Crippen molar-refractivity contribution in [3.63, 3.8) is 0 Å². The van der Waals surface area contributed by atoms with E-state index in [-0.39, 0.29) is 0 Å². The van der Waals surface area contributed by atoms with E-state index in [4.69, 9.17) is 5.26 Å². The predicted molar refractivity (Wildman–Crippen MR) is 65.8 cm³/mol. The van der Waals surface area contributed by atoms with E-state index in [1.54, 1.807) is 6.20 Å². The monoisotopic (exact) mass is 228 g/mol. The number of aromatic nitrogens is 1. The Balaban J connectivity index is 1.71. The Bertz CT molecular complexity index is 439. The second kappa shape index (κ2) is 4.34. The van der Waals surface area contributed by atoms with Crippen LogP contribution in [0.3, 0.4) is 0 Å². The van der Waals surface area contributed by atoms with Crippen molar-refractivity contribution in [2.45, 2.75) is 18.9 Å². The molecule has 3 rings (SSSR count). The summed E-state index contributed by atoms with van der Waals surface area (Å²) >= 11 is 0. The lowest BCUT2D eigenvalue weighted by molar-refractivity contribution is 0.248. The number of piperazine rings is 1. The summed E-state index contributed by atoms with van der Waals surface area (Å²) in [5.74, 6) is 0. The smallest absolute Gasteiger partial charge is 0.163 e. The molecule has 0 amide bonds. The van der Waals surface area contributed by atoms with E-state index in [2.05, 4.69) is 20.9 Å². The van der Waals surface area contributed by atoms with Gasteiger partial charge in [-0.2, -0.15) is 5.26 Å². The Morgan fingerprint density at radius 3 is 2.65 bits per heavy atom. The van der Waals surface area contributed by atoms with Crippen LogP contribution in [0.25, 0.3) is 0 Å². The molecule has 0 bridgehead atoms. The van der Waals surface area contributed by atoms with Gasteiger partial charge in [0.15, 0.2) is 5.69 Å². The van der Waals surface area contributed by atoms with Gasteiger partial charge in [-0.3, -0.25) is 4.90 Å². The zero-order chi connectivity index (χ0) is 11.7. The topological polar surface area (TPSA) is 43.2 Å². The van der Waals surface area contributed by atoms with Gasteiger partial charge in [0.05, 0.1) is 5.69 Å². The van der Waals surface area contributed by atoms with Crippen molar-refractivity contribution in [1.29, 1.82) is 5.26 Å². The van der Waals surface area contributed by atoms with E-state index in [1.165, 1.54) is 12.8 Å². The van der Waals surface area contributed by atoms with Gasteiger partial charge in [-0.1, -0.05) is 0 Å². The zero-order valence-corrected chi connectivity index (χ0v) is 9.84. The molecule has 2 fully saturated rings. The minimum atomic E-state index is 0.548. The SMILES string of the molecule is N#Cc1ncccc1N1CCN(C2CC2)CC1. The molecule has 4 heteroatoms. The average molecular weight is 228 g/mol. The molecule has 2 aliphatic rings. The number of anilines is 1. The van der Waals surface area contributed by atoms with E-state index in [0.717, 1.165) is 37.9 Å². The lowest BCUT2D eigenvalue weighted by atomic mass is 10.2. The Hall–Kier alpha value is -1.60. The molecule has 0 atom stereocenters. The fourth-order valence-electron chi connectivity index (χ4n) is 2.51. The third-order valence-electron chi connectivity index (χ3n) is 3.61. The Morgan fingerprint density at radius 2 is 2.00 bits per heavy atom. The largest absolute Gasteiger partial charge is 0.367 e. The quantitative estimate of drug-likeness (QED) is 0.764. The van der Waals surface area contributed by atoms with Crippen LogP contribution in [0.5, 0.6) is 0 Å². The fraction of sp³-hybridized carbons (Fsp3) is 0.538. The lowest BCUT2D eigenvalue weighted by Crippen LogP contribution is -2.47. The van der Waals surface area contributed by atoms with Gasteiger partial charge in [0.1, 0.15) is 6.07 Å². The maximum Gasteiger partial charge on any atom is 0.163 e. The fourth-order valence-corrected chi connectivity index (χ4v) is 2.51. The van der Waals surface area contributed by atoms with Gasteiger partial charge in [0, 0.05) is 38.4 Å². The van der Waals surface area contributed by atoms with E-state index in [0.29, 0.717) is 5.69 Å². The number of rotatable bonds is 2. The molecular formula is C13H16N4. The minimum Gasteiger partial charge on any atom is -0.367 e. The zero-order valence-electron chi connectivity index (χ0n) is 9.84. The van der Waals surface area contributed by atoms with Crippen LogP contribution in [0.2, 0.25) is 0 Å². The summed E-state index contributed by atoms with van der Waals surface area (Å²) in [7, 11) is 0. The Morgan fingerprint density at radius 1 is 1.24 bits per heavy atom. The van der Waals surface area contributed by atoms with Crippen LogP contribution in [0.4, 0.5) is 5.69 Å². The third-order valence-corrected chi connectivity index (χ3v) is 3.61. The van der Waals surface area contributed by atoms with Crippen LogP contribution in [0.15, 0.2) is 18.3 Å². The van der Waals surface area contributed by atoms with Gasteiger partial charge in [-0.25, -0.2) is 4.98 Å². The van der Waals surface area contributed by atoms with E-state index in [1.807, 2.05) is 12.1 Å². The second-order valence-corrected chi connectivity index (χ2v) is 4.74. The van der Waals surface area contributed by atoms with Crippen LogP contribution < -0.4 is 4.90 Å². The summed E-state index contributed by atoms with van der Waals surface area (Å²) in [6.07, 6.45) is 4.43. The predicted octanol–water partition coefficient (Wildman–Crippen LogP) is 1.24. The molecule has 0 radical (unpaired) electrons. The molecular weight excluding hydrogens is 212 g/mol. The van der Waals surface area contributed by atoms with E-state index < -0.39 is 0 Å². The normalized spacial score (nSPS) is 21.2. The molecule has 1 aliphatic carbocycles. The van der Waals surface area contributed by atoms with Crippen molar-refractivity contribution in [3.8, 4) is 6.07 Å². The first-order chi connectivity index (χ1) is 8.38. The van der Waals surface area contributed by atoms with Crippen LogP contribution in [-0.4, -0.2) is 42.1 Å². The molecule has 1 aromatic heterocycles. The molecule has 0 N–H and O–H groups in total. The molecule has 0 aromatic carbocycles. The molecule has 4 nitrogen and oxygen atoms in total. The van der Waals surface area contributed by atoms with Gasteiger partial charge in [-0.05, 0) is 25.0 Å². The van der Waals surface area contributed by atoms with Crippen LogP contribution in [0.1, 0.15) is 18.5 Å². The number of pyridine rings is 1. The molecule has 0 unspecified atom stereocenters. The summed E-state index contributed by atoms with van der Waals surface area (Å²) < 4.78 is 0. The second-order valence-electron chi connectivity index (χ2n) is 4.74. The molecule has 0 spiro atoms. The molecule has 17 heavy (non-hydrogen) atoms. The minimum absolute atomic E-state index is 0.548. The summed E-state index contributed by atoms with van der Waals surface area (Å²) in [6, 6.07) is 6.93. The highest BCUT2D eigenvalue weighted by Crippen LogP contribution is 2.28. The first-order valence-electron chi connectivity index (χ1n) is 6.22. The Labute approximate surface area is 101 Å². The standard InChI is InChI=1S/C13H16N4/c14-10-12-13(2-1-5-15-12)17-8-6-16(7-9-17)11-3-4-11/h1-2,5,11H,3-4,6-9H2. The van der Waals surface area contributed by atoms with Crippen molar-refractivity contribution >= 4 is 5.69 Å². The molecule has 1 saturated carbocycles. The third kappa shape index (κ3) is 2.11. The number of nitrogens with zero attached hydrogens (tertiary/aromatic N) is 4. The number of hydrogen-bond acceptors (Lipinski definition) is 4. The van der Waals surface area contributed by atoms with Crippen molar-refractivity contribution < 1.29 is 0 Å². The van der Waals surface area contributed by atoms with Gasteiger partial charge < -0.3 is 4.90 Å². The van der Waals surface area contributed by atoms with Crippen LogP contribution in [-0.2, 0) is 0 Å². The maximum atomic E-state index is 9.05. The van der Waals surface area contributed by atoms with Gasteiger partial charge in [0.25, 0.3) is 0 Å². The van der Waals surface area contributed by atoms with Crippen LogP contribution >= 0.6 is 0 Å². The summed E-state index contributed by atoms with van der Waals surface area (Å²) in [4.78, 5) is 8.97. The highest BCUT2D eigenvalue weighted by molar-refractivity contribution is 5.55. The van der Waals surface area contributed by atoms with Crippen LogP contribution in [0, 0.1) is 11.3 Å². The lowest BCUT2D eigenvalue weighted by Gasteiger charge is -2.36. The summed E-state index contributed by atoms with van der Waals surface area (Å²) in [5.41, 5.74) is 1.54. The van der Waals surface area contributed by atoms with E-state index >= 15 is 0 Å². The molecule has 88 valence electrons. The van der Waals surface area contributed by atoms with Gasteiger partial charge >= 0.3 is 0 Å². The molecule has 1 aromatic rings. The Kier molecular flexibility index (Phi) is 2.69. The molecule has 1 saturated heterocycles. The number of nitriles is 1. The van der Waals surface area contributed by atoms with Crippen molar-refractivity contribution in [1.82, 2.24) is 9.88 Å². The van der Waals surface area contributed by atoms with Crippen molar-refractivity contribution in [2.75, 3.05) is 31.1 Å². The number of hydrogen-bond donors (Lipinski definition) is 0. The summed E-state index contributed by atoms with van der Waals surface area (Å²) in [5, 5.41) is 9.05. The van der Waals surface area contributed by atoms with Crippen molar-refractivity contribution in [2.24, 2.45) is 0 Å². The first kappa shape index (κ1) is 10.5. The average Bonchev–Trinajstić information content (AvgIpc) is 3.23. The summed E-state index contributed by atoms with van der Waals surface area (Å²) in [6.45, 7) is 4.25. The highest BCUT2D eigenvalue weighted by atomic mass is 15.3. The van der Waals surface area contributed by atoms with Gasteiger partial charge in [-0.15, -0.1) is 0 Å². The van der Waals surface area contributed by atoms with E-state index in [9.17, 15) is 0 Å². The molecule has 2 heterocycles. The van der Waals surface area contributed by atoms with Gasteiger partial charge in [0.2, 0.25) is 0 Å². The maximum absolute atomic E-state index is 9.05. The molecule has 1 aliphatic heterocycles. The van der Waals surface area contributed by atoms with Crippen molar-refractivity contribution in [3.05, 3.63) is 24.0 Å². The first-order valence-corrected chi connectivity index (χ1v) is 6.22.